The van der Waals surface area contributed by atoms with E-state index in [1.54, 1.807) is 0 Å². The summed E-state index contributed by atoms with van der Waals surface area (Å²) < 4.78 is 0. The molecule has 0 aromatic heterocycles. The number of nitrogens with one attached hydrogen (secondary N) is 2. The summed E-state index contributed by atoms with van der Waals surface area (Å²) in [6.07, 6.45) is 4.55. The van der Waals surface area contributed by atoms with Crippen LogP contribution in [0.3, 0.4) is 0 Å². The van der Waals surface area contributed by atoms with E-state index in [1.807, 2.05) is 27.8 Å². The molecule has 0 bridgehead atoms. The van der Waals surface area contributed by atoms with Crippen molar-refractivity contribution in [2.75, 3.05) is 7.05 Å². The quantitative estimate of drug-likeness (QED) is 0.731. The summed E-state index contributed by atoms with van der Waals surface area (Å²) >= 11 is 0. The zero-order valence-electron chi connectivity index (χ0n) is 10.4. The van der Waals surface area contributed by atoms with Gasteiger partial charge >= 0.3 is 0 Å². The van der Waals surface area contributed by atoms with Crippen LogP contribution in [0.1, 0.15) is 46.5 Å². The number of hydrogen-bond acceptors (Lipinski definition) is 2. The van der Waals surface area contributed by atoms with Crippen molar-refractivity contribution >= 4 is 5.91 Å². The Labute approximate surface area is 93.0 Å². The van der Waals surface area contributed by atoms with Gasteiger partial charge in [-0.05, 0) is 32.7 Å². The molecule has 1 aliphatic carbocycles. The van der Waals surface area contributed by atoms with Gasteiger partial charge in [0.15, 0.2) is 0 Å². The second-order valence-corrected chi connectivity index (χ2v) is 5.56. The molecular formula is C12H24N2O. The Morgan fingerprint density at radius 1 is 1.07 bits per heavy atom. The Hall–Kier alpha value is -0.570. The summed E-state index contributed by atoms with van der Waals surface area (Å²) in [5.74, 6) is 0.176. The fraction of sp³-hybridized carbons (Fsp3) is 0.917. The average molecular weight is 212 g/mol. The number of amides is 1. The Morgan fingerprint density at radius 3 is 1.93 bits per heavy atom. The largest absolute Gasteiger partial charge is 0.353 e. The van der Waals surface area contributed by atoms with Gasteiger partial charge in [-0.2, -0.15) is 0 Å². The monoisotopic (exact) mass is 212 g/mol. The van der Waals surface area contributed by atoms with Gasteiger partial charge in [0.1, 0.15) is 0 Å². The van der Waals surface area contributed by atoms with Gasteiger partial charge in [0.25, 0.3) is 0 Å². The topological polar surface area (TPSA) is 41.1 Å². The second kappa shape index (κ2) is 4.97. The lowest BCUT2D eigenvalue weighted by molar-refractivity contribution is -0.129. The van der Waals surface area contributed by atoms with Crippen LogP contribution in [0.15, 0.2) is 0 Å². The SMILES string of the molecule is CNC1CCC(NC(=O)C(C)(C)C)CC1. The first-order chi connectivity index (χ1) is 6.93. The van der Waals surface area contributed by atoms with E-state index >= 15 is 0 Å². The zero-order chi connectivity index (χ0) is 11.5. The van der Waals surface area contributed by atoms with Crippen LogP contribution in [-0.2, 0) is 4.79 Å². The molecule has 88 valence electrons. The van der Waals surface area contributed by atoms with Crippen LogP contribution in [0.2, 0.25) is 0 Å². The Bertz CT molecular complexity index is 212. The maximum atomic E-state index is 11.8. The molecule has 1 aliphatic rings. The third-order valence-corrected chi connectivity index (χ3v) is 3.15. The standard InChI is InChI=1S/C12H24N2O/c1-12(2,3)11(15)14-10-7-5-9(13-4)6-8-10/h9-10,13H,5-8H2,1-4H3,(H,14,15). The highest BCUT2D eigenvalue weighted by atomic mass is 16.2. The molecule has 2 N–H and O–H groups in total. The molecule has 1 fully saturated rings. The van der Waals surface area contributed by atoms with E-state index in [-0.39, 0.29) is 11.3 Å². The first-order valence-electron chi connectivity index (χ1n) is 5.91. The van der Waals surface area contributed by atoms with Crippen molar-refractivity contribution in [2.24, 2.45) is 5.41 Å². The molecule has 1 rings (SSSR count). The number of hydrogen-bond donors (Lipinski definition) is 2. The van der Waals surface area contributed by atoms with Crippen molar-refractivity contribution in [3.05, 3.63) is 0 Å². The van der Waals surface area contributed by atoms with Crippen LogP contribution in [0.5, 0.6) is 0 Å². The summed E-state index contributed by atoms with van der Waals surface area (Å²) in [7, 11) is 2.01. The van der Waals surface area contributed by atoms with Gasteiger partial charge in [0.05, 0.1) is 0 Å². The summed E-state index contributed by atoms with van der Waals surface area (Å²) in [6, 6.07) is 1.04. The van der Waals surface area contributed by atoms with Crippen LogP contribution in [0, 0.1) is 5.41 Å². The molecule has 0 spiro atoms. The van der Waals surface area contributed by atoms with Crippen LogP contribution < -0.4 is 10.6 Å². The lowest BCUT2D eigenvalue weighted by atomic mass is 9.89. The lowest BCUT2D eigenvalue weighted by Crippen LogP contribution is -2.45. The highest BCUT2D eigenvalue weighted by Gasteiger charge is 2.26. The molecule has 0 saturated heterocycles. The van der Waals surface area contributed by atoms with Crippen molar-refractivity contribution < 1.29 is 4.79 Å². The van der Waals surface area contributed by atoms with E-state index in [2.05, 4.69) is 10.6 Å². The molecule has 3 heteroatoms. The van der Waals surface area contributed by atoms with Gasteiger partial charge in [-0.25, -0.2) is 0 Å². The van der Waals surface area contributed by atoms with Crippen molar-refractivity contribution in [3.8, 4) is 0 Å². The normalized spacial score (nSPS) is 27.5. The highest BCUT2D eigenvalue weighted by molar-refractivity contribution is 5.81. The van der Waals surface area contributed by atoms with Gasteiger partial charge in [0, 0.05) is 17.5 Å². The summed E-state index contributed by atoms with van der Waals surface area (Å²) in [5.41, 5.74) is -0.264. The third-order valence-electron chi connectivity index (χ3n) is 3.15. The number of rotatable bonds is 2. The van der Waals surface area contributed by atoms with Gasteiger partial charge in [-0.1, -0.05) is 20.8 Å². The maximum Gasteiger partial charge on any atom is 0.225 e. The van der Waals surface area contributed by atoms with E-state index in [0.29, 0.717) is 12.1 Å². The van der Waals surface area contributed by atoms with Gasteiger partial charge in [-0.3, -0.25) is 4.79 Å². The Kier molecular flexibility index (Phi) is 4.14. The predicted molar refractivity (Wildman–Crippen MR) is 62.7 cm³/mol. The summed E-state index contributed by atoms with van der Waals surface area (Å²) in [5, 5.41) is 6.43. The lowest BCUT2D eigenvalue weighted by Gasteiger charge is -2.30. The molecule has 0 aliphatic heterocycles. The van der Waals surface area contributed by atoms with Crippen LogP contribution in [0.4, 0.5) is 0 Å². The Morgan fingerprint density at radius 2 is 1.53 bits per heavy atom. The van der Waals surface area contributed by atoms with E-state index in [4.69, 9.17) is 0 Å². The number of carbonyl (C=O) groups is 1. The number of carbonyl (C=O) groups excluding carboxylic acids is 1. The Balaban J connectivity index is 2.33. The van der Waals surface area contributed by atoms with E-state index in [0.717, 1.165) is 12.8 Å². The van der Waals surface area contributed by atoms with E-state index in [9.17, 15) is 4.79 Å². The fourth-order valence-corrected chi connectivity index (χ4v) is 1.93. The molecule has 0 aromatic carbocycles. The fourth-order valence-electron chi connectivity index (χ4n) is 1.93. The molecular weight excluding hydrogens is 188 g/mol. The van der Waals surface area contributed by atoms with Crippen molar-refractivity contribution in [1.82, 2.24) is 10.6 Å². The molecule has 1 amide bonds. The molecule has 1 saturated carbocycles. The first-order valence-corrected chi connectivity index (χ1v) is 5.91. The molecule has 0 atom stereocenters. The third kappa shape index (κ3) is 3.82. The average Bonchev–Trinajstić information content (AvgIpc) is 2.17. The molecule has 0 heterocycles. The van der Waals surface area contributed by atoms with Crippen molar-refractivity contribution in [2.45, 2.75) is 58.5 Å². The van der Waals surface area contributed by atoms with Gasteiger partial charge in [0.2, 0.25) is 5.91 Å². The molecule has 0 radical (unpaired) electrons. The summed E-state index contributed by atoms with van der Waals surface area (Å²) in [4.78, 5) is 11.8. The van der Waals surface area contributed by atoms with Gasteiger partial charge in [-0.15, -0.1) is 0 Å². The smallest absolute Gasteiger partial charge is 0.225 e. The van der Waals surface area contributed by atoms with Crippen LogP contribution in [0.25, 0.3) is 0 Å². The minimum Gasteiger partial charge on any atom is -0.353 e. The molecule has 0 unspecified atom stereocenters. The molecule has 3 nitrogen and oxygen atoms in total. The van der Waals surface area contributed by atoms with E-state index in [1.165, 1.54) is 12.8 Å². The molecule has 15 heavy (non-hydrogen) atoms. The van der Waals surface area contributed by atoms with Crippen molar-refractivity contribution in [3.63, 3.8) is 0 Å². The highest BCUT2D eigenvalue weighted by Crippen LogP contribution is 2.20. The van der Waals surface area contributed by atoms with Crippen molar-refractivity contribution in [1.29, 1.82) is 0 Å². The minimum absolute atomic E-state index is 0.176. The predicted octanol–water partition coefficient (Wildman–Crippen LogP) is 1.68. The zero-order valence-corrected chi connectivity index (χ0v) is 10.4. The van der Waals surface area contributed by atoms with Crippen LogP contribution >= 0.6 is 0 Å². The van der Waals surface area contributed by atoms with E-state index < -0.39 is 0 Å². The first kappa shape index (κ1) is 12.5. The van der Waals surface area contributed by atoms with Gasteiger partial charge < -0.3 is 10.6 Å². The maximum absolute atomic E-state index is 11.8. The van der Waals surface area contributed by atoms with Crippen LogP contribution in [-0.4, -0.2) is 25.0 Å². The minimum atomic E-state index is -0.264. The second-order valence-electron chi connectivity index (χ2n) is 5.56. The molecule has 0 aromatic rings. The summed E-state index contributed by atoms with van der Waals surface area (Å²) in [6.45, 7) is 5.88.